The number of thiazole rings is 1. The summed E-state index contributed by atoms with van der Waals surface area (Å²) in [6, 6.07) is 12.5. The maximum absolute atomic E-state index is 12.8. The van der Waals surface area contributed by atoms with Gasteiger partial charge in [0.15, 0.2) is 0 Å². The van der Waals surface area contributed by atoms with Gasteiger partial charge in [0, 0.05) is 30.7 Å². The Balaban J connectivity index is 1.45. The first-order chi connectivity index (χ1) is 16.3. The zero-order valence-corrected chi connectivity index (χ0v) is 19.2. The number of aromatic nitrogens is 3. The molecule has 0 bridgehead atoms. The van der Waals surface area contributed by atoms with E-state index in [9.17, 15) is 18.0 Å². The van der Waals surface area contributed by atoms with Crippen molar-refractivity contribution in [3.63, 3.8) is 0 Å². The molecule has 0 fully saturated rings. The molecule has 1 amide bonds. The molecular formula is C24H23F3N4O2S. The predicted molar refractivity (Wildman–Crippen MR) is 126 cm³/mol. The number of carbonyl (C=O) groups is 1. The van der Waals surface area contributed by atoms with Crippen LogP contribution in [0.5, 0.6) is 0 Å². The van der Waals surface area contributed by atoms with Crippen molar-refractivity contribution in [3.8, 4) is 10.6 Å². The van der Waals surface area contributed by atoms with E-state index in [0.717, 1.165) is 29.6 Å². The largest absolute Gasteiger partial charge is 0.416 e. The minimum Gasteiger partial charge on any atom is -0.382 e. The molecule has 2 aromatic carbocycles. The maximum Gasteiger partial charge on any atom is 0.416 e. The Morgan fingerprint density at radius 2 is 1.88 bits per heavy atom. The Hall–Kier alpha value is -3.24. The Labute approximate surface area is 198 Å². The molecule has 0 unspecified atom stereocenters. The summed E-state index contributed by atoms with van der Waals surface area (Å²) in [5.41, 5.74) is 2.11. The van der Waals surface area contributed by atoms with Crippen LogP contribution in [0.2, 0.25) is 0 Å². The molecule has 0 spiro atoms. The lowest BCUT2D eigenvalue weighted by molar-refractivity contribution is -0.137. The Bertz CT molecular complexity index is 1270. The van der Waals surface area contributed by atoms with E-state index in [2.05, 4.69) is 15.3 Å². The van der Waals surface area contributed by atoms with Crippen LogP contribution < -0.4 is 5.32 Å². The smallest absolute Gasteiger partial charge is 0.382 e. The highest BCUT2D eigenvalue weighted by atomic mass is 32.1. The number of rotatable bonds is 9. The normalized spacial score (nSPS) is 11.8. The summed E-state index contributed by atoms with van der Waals surface area (Å²) < 4.78 is 45.7. The number of alkyl halides is 3. The fourth-order valence-corrected chi connectivity index (χ4v) is 4.35. The summed E-state index contributed by atoms with van der Waals surface area (Å²) in [7, 11) is 0. The molecule has 178 valence electrons. The number of aryl methyl sites for hydroxylation is 1. The number of imidazole rings is 1. The Morgan fingerprint density at radius 1 is 1.12 bits per heavy atom. The molecule has 0 radical (unpaired) electrons. The minimum atomic E-state index is -4.38. The molecule has 34 heavy (non-hydrogen) atoms. The van der Waals surface area contributed by atoms with E-state index in [-0.39, 0.29) is 12.3 Å². The topological polar surface area (TPSA) is 69.0 Å². The third-order valence-corrected chi connectivity index (χ3v) is 6.07. The van der Waals surface area contributed by atoms with Gasteiger partial charge in [-0.25, -0.2) is 9.97 Å². The number of hydrogen-bond donors (Lipinski definition) is 1. The summed E-state index contributed by atoms with van der Waals surface area (Å²) >= 11 is 1.28. The first-order valence-electron chi connectivity index (χ1n) is 10.8. The van der Waals surface area contributed by atoms with Gasteiger partial charge in [-0.05, 0) is 37.6 Å². The maximum atomic E-state index is 12.8. The Kier molecular flexibility index (Phi) is 7.28. The van der Waals surface area contributed by atoms with Crippen molar-refractivity contribution in [2.75, 3.05) is 18.5 Å². The fraction of sp³-hybridized carbons (Fsp3) is 0.292. The second-order valence-electron chi connectivity index (χ2n) is 7.57. The summed E-state index contributed by atoms with van der Waals surface area (Å²) in [5.74, 6) is 0.187. The van der Waals surface area contributed by atoms with Crippen LogP contribution in [0.3, 0.4) is 0 Å². The third-order valence-electron chi connectivity index (χ3n) is 5.13. The van der Waals surface area contributed by atoms with Gasteiger partial charge in [0.25, 0.3) is 0 Å². The quantitative estimate of drug-likeness (QED) is 0.303. The monoisotopic (exact) mass is 488 g/mol. The van der Waals surface area contributed by atoms with E-state index in [1.165, 1.54) is 23.5 Å². The van der Waals surface area contributed by atoms with E-state index < -0.39 is 11.7 Å². The summed E-state index contributed by atoms with van der Waals surface area (Å²) in [5, 5.41) is 5.16. The van der Waals surface area contributed by atoms with Crippen LogP contribution in [-0.2, 0) is 28.7 Å². The highest BCUT2D eigenvalue weighted by molar-refractivity contribution is 7.13. The van der Waals surface area contributed by atoms with Gasteiger partial charge in [-0.15, -0.1) is 11.3 Å². The molecule has 0 saturated carbocycles. The molecule has 0 aliphatic rings. The standard InChI is InChI=1S/C24H23F3N4O2S/c1-2-33-13-5-12-31-20-7-4-3-6-19(20)29-23(31)30-21(32)14-18-15-34-22(28-18)16-8-10-17(11-9-16)24(25,26)27/h3-4,6-11,15H,2,5,12-14H2,1H3,(H,29,30,32). The molecule has 4 rings (SSSR count). The van der Waals surface area contributed by atoms with Crippen molar-refractivity contribution in [2.24, 2.45) is 0 Å². The average Bonchev–Trinajstić information content (AvgIpc) is 3.41. The predicted octanol–water partition coefficient (Wildman–Crippen LogP) is 5.79. The van der Waals surface area contributed by atoms with Crippen molar-refractivity contribution >= 4 is 34.2 Å². The van der Waals surface area contributed by atoms with Crippen LogP contribution in [0.25, 0.3) is 21.6 Å². The number of halogens is 3. The van der Waals surface area contributed by atoms with Crippen LogP contribution in [0.1, 0.15) is 24.6 Å². The SMILES string of the molecule is CCOCCCn1c(NC(=O)Cc2csc(-c3ccc(C(F)(F)F)cc3)n2)nc2ccccc21. The number of amides is 1. The van der Waals surface area contributed by atoms with E-state index in [1.54, 1.807) is 5.38 Å². The molecule has 1 N–H and O–H groups in total. The van der Waals surface area contributed by atoms with Crippen LogP contribution in [0.15, 0.2) is 53.9 Å². The van der Waals surface area contributed by atoms with Crippen molar-refractivity contribution < 1.29 is 22.7 Å². The number of hydrogen-bond acceptors (Lipinski definition) is 5. The van der Waals surface area contributed by atoms with Crippen LogP contribution in [0, 0.1) is 0 Å². The van der Waals surface area contributed by atoms with Gasteiger partial charge in [-0.2, -0.15) is 13.2 Å². The van der Waals surface area contributed by atoms with Crippen LogP contribution in [-0.4, -0.2) is 33.7 Å². The van der Waals surface area contributed by atoms with Gasteiger partial charge < -0.3 is 9.30 Å². The lowest BCUT2D eigenvalue weighted by Crippen LogP contribution is -2.18. The van der Waals surface area contributed by atoms with Gasteiger partial charge in [0.1, 0.15) is 5.01 Å². The zero-order chi connectivity index (χ0) is 24.1. The summed E-state index contributed by atoms with van der Waals surface area (Å²) in [6.07, 6.45) is -3.58. The molecule has 0 atom stereocenters. The summed E-state index contributed by atoms with van der Waals surface area (Å²) in [4.78, 5) is 21.7. The van der Waals surface area contributed by atoms with Crippen LogP contribution in [0.4, 0.5) is 19.1 Å². The fourth-order valence-electron chi connectivity index (χ4n) is 3.52. The number of para-hydroxylation sites is 2. The third kappa shape index (κ3) is 5.63. The Morgan fingerprint density at radius 3 is 2.62 bits per heavy atom. The highest BCUT2D eigenvalue weighted by Gasteiger charge is 2.30. The first-order valence-corrected chi connectivity index (χ1v) is 11.7. The molecular weight excluding hydrogens is 465 g/mol. The second kappa shape index (κ2) is 10.4. The molecule has 0 aliphatic heterocycles. The lowest BCUT2D eigenvalue weighted by atomic mass is 10.1. The zero-order valence-electron chi connectivity index (χ0n) is 18.4. The number of nitrogens with zero attached hydrogens (tertiary/aromatic N) is 3. The van der Waals surface area contributed by atoms with Gasteiger partial charge >= 0.3 is 6.18 Å². The number of anilines is 1. The van der Waals surface area contributed by atoms with Gasteiger partial charge in [0.2, 0.25) is 11.9 Å². The minimum absolute atomic E-state index is 0.0271. The van der Waals surface area contributed by atoms with Gasteiger partial charge in [-0.3, -0.25) is 10.1 Å². The molecule has 10 heteroatoms. The number of ether oxygens (including phenoxy) is 1. The van der Waals surface area contributed by atoms with E-state index in [1.807, 2.05) is 35.8 Å². The van der Waals surface area contributed by atoms with Crippen molar-refractivity contribution in [2.45, 2.75) is 32.5 Å². The summed E-state index contributed by atoms with van der Waals surface area (Å²) in [6.45, 7) is 3.85. The number of nitrogens with one attached hydrogen (secondary N) is 1. The van der Waals surface area contributed by atoms with Crippen molar-refractivity contribution in [3.05, 3.63) is 65.2 Å². The molecule has 0 aliphatic carbocycles. The number of carbonyl (C=O) groups excluding carboxylic acids is 1. The molecule has 2 heterocycles. The molecule has 2 aromatic heterocycles. The second-order valence-corrected chi connectivity index (χ2v) is 8.43. The average molecular weight is 489 g/mol. The molecule has 0 saturated heterocycles. The lowest BCUT2D eigenvalue weighted by Gasteiger charge is -2.10. The van der Waals surface area contributed by atoms with Gasteiger partial charge in [0.05, 0.1) is 28.7 Å². The van der Waals surface area contributed by atoms with E-state index >= 15 is 0 Å². The van der Waals surface area contributed by atoms with Crippen molar-refractivity contribution in [1.29, 1.82) is 0 Å². The van der Waals surface area contributed by atoms with Gasteiger partial charge in [-0.1, -0.05) is 24.3 Å². The van der Waals surface area contributed by atoms with Crippen molar-refractivity contribution in [1.82, 2.24) is 14.5 Å². The van der Waals surface area contributed by atoms with E-state index in [0.29, 0.717) is 42.0 Å². The van der Waals surface area contributed by atoms with E-state index in [4.69, 9.17) is 4.74 Å². The molecule has 6 nitrogen and oxygen atoms in total. The number of benzene rings is 2. The highest BCUT2D eigenvalue weighted by Crippen LogP contribution is 2.32. The molecule has 4 aromatic rings. The number of fused-ring (bicyclic) bond motifs is 1. The van der Waals surface area contributed by atoms with Crippen LogP contribution >= 0.6 is 11.3 Å². The first kappa shape index (κ1) is 23.9.